The Hall–Kier alpha value is -1.85. The SMILES string of the molecule is O=C(NCC1CC1)c1cc(CN(C(=O)C2CCCC2)C2CC2)on1. The number of nitrogens with zero attached hydrogens (tertiary/aromatic N) is 2. The minimum Gasteiger partial charge on any atom is -0.359 e. The molecule has 3 aliphatic rings. The van der Waals surface area contributed by atoms with E-state index < -0.39 is 0 Å². The average Bonchev–Trinajstić information content (AvgIpc) is 3.50. The molecule has 0 aliphatic heterocycles. The van der Waals surface area contributed by atoms with E-state index in [0.29, 0.717) is 30.0 Å². The zero-order valence-electron chi connectivity index (χ0n) is 14.0. The normalized spacial score (nSPS) is 21.0. The Morgan fingerprint density at radius 3 is 2.58 bits per heavy atom. The minimum atomic E-state index is -0.183. The molecule has 130 valence electrons. The Labute approximate surface area is 141 Å². The summed E-state index contributed by atoms with van der Waals surface area (Å²) in [4.78, 5) is 26.7. The van der Waals surface area contributed by atoms with Crippen LogP contribution in [0.15, 0.2) is 10.6 Å². The zero-order valence-corrected chi connectivity index (χ0v) is 14.0. The molecule has 0 bridgehead atoms. The highest BCUT2D eigenvalue weighted by molar-refractivity contribution is 5.92. The summed E-state index contributed by atoms with van der Waals surface area (Å²) in [6.45, 7) is 1.15. The van der Waals surface area contributed by atoms with Crippen LogP contribution in [0.4, 0.5) is 0 Å². The second-order valence-corrected chi connectivity index (χ2v) is 7.51. The lowest BCUT2D eigenvalue weighted by Gasteiger charge is -2.24. The highest BCUT2D eigenvalue weighted by Crippen LogP contribution is 2.34. The van der Waals surface area contributed by atoms with Crippen LogP contribution >= 0.6 is 0 Å². The summed E-state index contributed by atoms with van der Waals surface area (Å²) in [6.07, 6.45) is 8.86. The summed E-state index contributed by atoms with van der Waals surface area (Å²) in [6, 6.07) is 2.02. The molecule has 0 unspecified atom stereocenters. The molecular formula is C18H25N3O3. The van der Waals surface area contributed by atoms with Crippen LogP contribution in [0.2, 0.25) is 0 Å². The quantitative estimate of drug-likeness (QED) is 0.833. The van der Waals surface area contributed by atoms with Crippen LogP contribution in [0.1, 0.15) is 67.6 Å². The Bertz CT molecular complexity index is 613. The highest BCUT2D eigenvalue weighted by atomic mass is 16.5. The van der Waals surface area contributed by atoms with E-state index in [1.165, 1.54) is 12.8 Å². The van der Waals surface area contributed by atoms with Crippen molar-refractivity contribution < 1.29 is 14.1 Å². The lowest BCUT2D eigenvalue weighted by atomic mass is 10.1. The predicted molar refractivity (Wildman–Crippen MR) is 87.1 cm³/mol. The number of amides is 2. The van der Waals surface area contributed by atoms with Crippen LogP contribution in [0.3, 0.4) is 0 Å². The van der Waals surface area contributed by atoms with Crippen LogP contribution in [0, 0.1) is 11.8 Å². The molecule has 0 radical (unpaired) electrons. The van der Waals surface area contributed by atoms with Gasteiger partial charge in [-0.05, 0) is 44.4 Å². The molecular weight excluding hydrogens is 306 g/mol. The number of carbonyl (C=O) groups excluding carboxylic acids is 2. The molecule has 6 nitrogen and oxygen atoms in total. The molecule has 3 saturated carbocycles. The Kier molecular flexibility index (Phi) is 4.29. The number of hydrogen-bond acceptors (Lipinski definition) is 4. The van der Waals surface area contributed by atoms with Gasteiger partial charge in [-0.3, -0.25) is 9.59 Å². The van der Waals surface area contributed by atoms with Crippen molar-refractivity contribution in [1.29, 1.82) is 0 Å². The fraction of sp³-hybridized carbons (Fsp3) is 0.722. The van der Waals surface area contributed by atoms with Gasteiger partial charge < -0.3 is 14.7 Å². The van der Waals surface area contributed by atoms with Crippen molar-refractivity contribution >= 4 is 11.8 Å². The number of carbonyl (C=O) groups is 2. The molecule has 1 N–H and O–H groups in total. The van der Waals surface area contributed by atoms with Gasteiger partial charge >= 0.3 is 0 Å². The minimum absolute atomic E-state index is 0.176. The third kappa shape index (κ3) is 3.62. The van der Waals surface area contributed by atoms with Gasteiger partial charge in [0.25, 0.3) is 5.91 Å². The Morgan fingerprint density at radius 2 is 1.92 bits per heavy atom. The van der Waals surface area contributed by atoms with Crippen molar-refractivity contribution in [3.63, 3.8) is 0 Å². The van der Waals surface area contributed by atoms with Crippen LogP contribution in [-0.4, -0.2) is 34.5 Å². The summed E-state index contributed by atoms with van der Waals surface area (Å²) in [5.74, 6) is 1.48. The van der Waals surface area contributed by atoms with Gasteiger partial charge in [0.2, 0.25) is 5.91 Å². The first-order valence-electron chi connectivity index (χ1n) is 9.25. The zero-order chi connectivity index (χ0) is 16.5. The summed E-state index contributed by atoms with van der Waals surface area (Å²) < 4.78 is 5.32. The molecule has 0 spiro atoms. The first-order valence-corrected chi connectivity index (χ1v) is 9.25. The molecule has 1 aromatic rings. The Balaban J connectivity index is 1.37. The molecule has 1 heterocycles. The van der Waals surface area contributed by atoms with Crippen LogP contribution < -0.4 is 5.32 Å². The van der Waals surface area contributed by atoms with E-state index in [1.54, 1.807) is 6.07 Å². The van der Waals surface area contributed by atoms with E-state index in [2.05, 4.69) is 10.5 Å². The van der Waals surface area contributed by atoms with E-state index in [0.717, 1.165) is 45.1 Å². The van der Waals surface area contributed by atoms with E-state index >= 15 is 0 Å². The number of hydrogen-bond donors (Lipinski definition) is 1. The van der Waals surface area contributed by atoms with Gasteiger partial charge in [0.15, 0.2) is 11.5 Å². The van der Waals surface area contributed by atoms with Crippen molar-refractivity contribution in [2.75, 3.05) is 6.54 Å². The van der Waals surface area contributed by atoms with Crippen molar-refractivity contribution in [3.05, 3.63) is 17.5 Å². The molecule has 6 heteroatoms. The van der Waals surface area contributed by atoms with Gasteiger partial charge in [-0.15, -0.1) is 0 Å². The second-order valence-electron chi connectivity index (χ2n) is 7.51. The fourth-order valence-electron chi connectivity index (χ4n) is 3.49. The smallest absolute Gasteiger partial charge is 0.273 e. The van der Waals surface area contributed by atoms with Gasteiger partial charge in [0.1, 0.15) is 0 Å². The maximum atomic E-state index is 12.7. The van der Waals surface area contributed by atoms with E-state index in [4.69, 9.17) is 4.52 Å². The molecule has 3 fully saturated rings. The summed E-state index contributed by atoms with van der Waals surface area (Å²) in [7, 11) is 0. The lowest BCUT2D eigenvalue weighted by Crippen LogP contribution is -2.36. The maximum absolute atomic E-state index is 12.7. The van der Waals surface area contributed by atoms with E-state index in [-0.39, 0.29) is 17.7 Å². The largest absolute Gasteiger partial charge is 0.359 e. The number of rotatable bonds is 7. The van der Waals surface area contributed by atoms with Gasteiger partial charge in [-0.2, -0.15) is 0 Å². The first-order chi connectivity index (χ1) is 11.7. The van der Waals surface area contributed by atoms with Crippen molar-refractivity contribution in [2.24, 2.45) is 11.8 Å². The van der Waals surface area contributed by atoms with E-state index in [1.807, 2.05) is 4.90 Å². The molecule has 0 atom stereocenters. The first kappa shape index (κ1) is 15.7. The standard InChI is InChI=1S/C18H25N3O3/c22-17(19-10-12-5-6-12)16-9-15(24-20-16)11-21(14-7-8-14)18(23)13-3-1-2-4-13/h9,12-14H,1-8,10-11H2,(H,19,22). The average molecular weight is 331 g/mol. The fourth-order valence-corrected chi connectivity index (χ4v) is 3.49. The topological polar surface area (TPSA) is 75.4 Å². The predicted octanol–water partition coefficient (Wildman–Crippen LogP) is 2.50. The number of nitrogens with one attached hydrogen (secondary N) is 1. The number of aromatic nitrogens is 1. The third-order valence-electron chi connectivity index (χ3n) is 5.34. The van der Waals surface area contributed by atoms with Gasteiger partial charge in [0, 0.05) is 24.6 Å². The lowest BCUT2D eigenvalue weighted by molar-refractivity contribution is -0.136. The summed E-state index contributed by atoms with van der Waals surface area (Å²) >= 11 is 0. The monoisotopic (exact) mass is 331 g/mol. The second kappa shape index (κ2) is 6.57. The molecule has 4 rings (SSSR count). The molecule has 0 saturated heterocycles. The van der Waals surface area contributed by atoms with Gasteiger partial charge in [-0.1, -0.05) is 18.0 Å². The highest BCUT2D eigenvalue weighted by Gasteiger charge is 2.37. The molecule has 1 aromatic heterocycles. The van der Waals surface area contributed by atoms with Crippen LogP contribution in [-0.2, 0) is 11.3 Å². The van der Waals surface area contributed by atoms with Gasteiger partial charge in [0.05, 0.1) is 6.54 Å². The van der Waals surface area contributed by atoms with Crippen LogP contribution in [0.25, 0.3) is 0 Å². The molecule has 2 amide bonds. The molecule has 3 aliphatic carbocycles. The van der Waals surface area contributed by atoms with Crippen LogP contribution in [0.5, 0.6) is 0 Å². The molecule has 0 aromatic carbocycles. The molecule has 24 heavy (non-hydrogen) atoms. The van der Waals surface area contributed by atoms with Crippen molar-refractivity contribution in [2.45, 2.75) is 64.0 Å². The van der Waals surface area contributed by atoms with Crippen molar-refractivity contribution in [1.82, 2.24) is 15.4 Å². The third-order valence-corrected chi connectivity index (χ3v) is 5.34. The summed E-state index contributed by atoms with van der Waals surface area (Å²) in [5.41, 5.74) is 0.315. The summed E-state index contributed by atoms with van der Waals surface area (Å²) in [5, 5.41) is 6.77. The van der Waals surface area contributed by atoms with Crippen molar-refractivity contribution in [3.8, 4) is 0 Å². The maximum Gasteiger partial charge on any atom is 0.273 e. The van der Waals surface area contributed by atoms with E-state index in [9.17, 15) is 9.59 Å². The van der Waals surface area contributed by atoms with Gasteiger partial charge in [-0.25, -0.2) is 0 Å². The Morgan fingerprint density at radius 1 is 1.17 bits per heavy atom.